The Kier molecular flexibility index (Phi) is 7.93. The third-order valence-electron chi connectivity index (χ3n) is 7.85. The number of benzene rings is 2. The van der Waals surface area contributed by atoms with Gasteiger partial charge in [0.15, 0.2) is 11.3 Å². The number of carbonyl (C=O) groups excluding carboxylic acids is 1. The highest BCUT2D eigenvalue weighted by molar-refractivity contribution is 5.89. The number of esters is 1. The third-order valence-corrected chi connectivity index (χ3v) is 7.85. The molecule has 0 aliphatic heterocycles. The largest absolute Gasteiger partial charge is 0.473 e. The average Bonchev–Trinajstić information content (AvgIpc) is 3.76. The van der Waals surface area contributed by atoms with Crippen LogP contribution in [0.1, 0.15) is 45.8 Å². The van der Waals surface area contributed by atoms with Gasteiger partial charge in [-0.1, -0.05) is 12.1 Å². The van der Waals surface area contributed by atoms with Gasteiger partial charge in [0.25, 0.3) is 0 Å². The summed E-state index contributed by atoms with van der Waals surface area (Å²) in [5.74, 6) is -2.56. The number of fused-ring (bicyclic) bond motifs is 1. The summed E-state index contributed by atoms with van der Waals surface area (Å²) in [4.78, 5) is 25.3. The molecule has 1 saturated carbocycles. The van der Waals surface area contributed by atoms with Crippen molar-refractivity contribution in [3.63, 3.8) is 0 Å². The van der Waals surface area contributed by atoms with E-state index in [-0.39, 0.29) is 64.9 Å². The molecule has 0 amide bonds. The van der Waals surface area contributed by atoms with E-state index in [2.05, 4.69) is 15.0 Å². The van der Waals surface area contributed by atoms with E-state index in [0.717, 1.165) is 18.2 Å². The predicted octanol–water partition coefficient (Wildman–Crippen LogP) is 6.49. The zero-order chi connectivity index (χ0) is 31.7. The van der Waals surface area contributed by atoms with Gasteiger partial charge in [0, 0.05) is 41.1 Å². The number of imidazole rings is 1. The van der Waals surface area contributed by atoms with Gasteiger partial charge in [-0.2, -0.15) is 5.26 Å². The number of methoxy groups -OCH3 is 1. The van der Waals surface area contributed by atoms with Crippen molar-refractivity contribution in [2.75, 3.05) is 13.8 Å². The van der Waals surface area contributed by atoms with E-state index in [4.69, 9.17) is 14.7 Å². The number of carbonyl (C=O) groups is 1. The Labute approximate surface area is 254 Å². The number of aromatic nitrogens is 4. The molecule has 0 bridgehead atoms. The highest BCUT2D eigenvalue weighted by Gasteiger charge is 2.44. The number of nitriles is 1. The first-order valence-electron chi connectivity index (χ1n) is 14.0. The Morgan fingerprint density at radius 1 is 1.00 bits per heavy atom. The molecule has 0 atom stereocenters. The average molecular weight is 616 g/mol. The summed E-state index contributed by atoms with van der Waals surface area (Å²) in [6.45, 7) is -0.549. The number of pyridine rings is 2. The van der Waals surface area contributed by atoms with E-state index in [1.54, 1.807) is 22.8 Å². The molecule has 0 unspecified atom stereocenters. The zero-order valence-electron chi connectivity index (χ0n) is 24.0. The molecule has 1 aliphatic carbocycles. The Morgan fingerprint density at radius 3 is 2.44 bits per heavy atom. The fourth-order valence-corrected chi connectivity index (χ4v) is 5.03. The number of hydrogen-bond acceptors (Lipinski definition) is 7. The second kappa shape index (κ2) is 12.0. The molecular formula is C33H25F4N5O3. The lowest BCUT2D eigenvalue weighted by Gasteiger charge is -2.16. The lowest BCUT2D eigenvalue weighted by atomic mass is 10.0. The van der Waals surface area contributed by atoms with E-state index in [1.807, 2.05) is 6.07 Å². The molecule has 12 heteroatoms. The minimum absolute atomic E-state index is 0.0326. The zero-order valence-corrected chi connectivity index (χ0v) is 24.0. The molecule has 0 N–H and O–H groups in total. The highest BCUT2D eigenvalue weighted by Crippen LogP contribution is 2.48. The maximum atomic E-state index is 15.5. The summed E-state index contributed by atoms with van der Waals surface area (Å²) in [7, 11) is 1.23. The smallest absolute Gasteiger partial charge is 0.356 e. The predicted molar refractivity (Wildman–Crippen MR) is 154 cm³/mol. The van der Waals surface area contributed by atoms with Crippen molar-refractivity contribution in [3.05, 3.63) is 106 Å². The van der Waals surface area contributed by atoms with Crippen molar-refractivity contribution in [1.29, 1.82) is 5.26 Å². The third kappa shape index (κ3) is 6.06. The number of nitrogens with zero attached hydrogens (tertiary/aromatic N) is 5. The molecule has 8 nitrogen and oxygen atoms in total. The van der Waals surface area contributed by atoms with Gasteiger partial charge >= 0.3 is 5.97 Å². The van der Waals surface area contributed by atoms with Crippen LogP contribution in [0.25, 0.3) is 22.4 Å². The Bertz CT molecular complexity index is 1960. The molecule has 0 radical (unpaired) electrons. The molecule has 5 aromatic rings. The Hall–Kier alpha value is -5.31. The maximum absolute atomic E-state index is 15.5. The van der Waals surface area contributed by atoms with Crippen LogP contribution in [0.15, 0.2) is 60.7 Å². The Balaban J connectivity index is 1.28. The van der Waals surface area contributed by atoms with Gasteiger partial charge in [-0.25, -0.2) is 32.9 Å². The summed E-state index contributed by atoms with van der Waals surface area (Å²) in [5.41, 5.74) is 0.623. The number of hydrogen-bond donors (Lipinski definition) is 0. The minimum Gasteiger partial charge on any atom is -0.473 e. The fraction of sp³-hybridized carbons (Fsp3) is 0.242. The maximum Gasteiger partial charge on any atom is 0.356 e. The van der Waals surface area contributed by atoms with Crippen LogP contribution in [-0.2, 0) is 24.3 Å². The van der Waals surface area contributed by atoms with Crippen LogP contribution >= 0.6 is 0 Å². The van der Waals surface area contributed by atoms with E-state index in [9.17, 15) is 13.6 Å². The van der Waals surface area contributed by atoms with Crippen molar-refractivity contribution in [2.24, 2.45) is 5.41 Å². The van der Waals surface area contributed by atoms with Gasteiger partial charge in [-0.3, -0.25) is 4.39 Å². The van der Waals surface area contributed by atoms with Crippen LogP contribution in [0.3, 0.4) is 0 Å². The molecule has 45 heavy (non-hydrogen) atoms. The summed E-state index contributed by atoms with van der Waals surface area (Å²) >= 11 is 0. The van der Waals surface area contributed by atoms with Gasteiger partial charge in [-0.05, 0) is 55.3 Å². The number of rotatable bonds is 10. The second-order valence-corrected chi connectivity index (χ2v) is 10.9. The van der Waals surface area contributed by atoms with Gasteiger partial charge in [0.2, 0.25) is 5.88 Å². The molecule has 0 spiro atoms. The SMILES string of the molecule is COC(=O)c1ccc2nc(Cc3c(F)cc(-c4cccc(OCc5ccc(C#N)cc5F)n4)cc3F)n(CC3(CF)CC3)c2n1. The summed E-state index contributed by atoms with van der Waals surface area (Å²) < 4.78 is 71.2. The molecule has 3 aromatic heterocycles. The molecule has 0 saturated heterocycles. The molecule has 3 heterocycles. The van der Waals surface area contributed by atoms with E-state index >= 15 is 8.78 Å². The molecule has 6 rings (SSSR count). The van der Waals surface area contributed by atoms with E-state index < -0.39 is 35.5 Å². The van der Waals surface area contributed by atoms with Crippen molar-refractivity contribution in [2.45, 2.75) is 32.4 Å². The normalized spacial score (nSPS) is 13.4. The molecule has 2 aromatic carbocycles. The number of halogens is 4. The van der Waals surface area contributed by atoms with Gasteiger partial charge < -0.3 is 14.0 Å². The first kappa shape index (κ1) is 29.7. The van der Waals surface area contributed by atoms with Gasteiger partial charge in [-0.15, -0.1) is 0 Å². The molecule has 228 valence electrons. The summed E-state index contributed by atoms with van der Waals surface area (Å²) in [6, 6.07) is 15.8. The topological polar surface area (TPSA) is 103 Å². The number of ether oxygens (including phenoxy) is 2. The first-order chi connectivity index (χ1) is 21.7. The first-order valence-corrected chi connectivity index (χ1v) is 14.0. The molecule has 1 fully saturated rings. The fourth-order valence-electron chi connectivity index (χ4n) is 5.03. The summed E-state index contributed by atoms with van der Waals surface area (Å²) in [6.07, 6.45) is 1.04. The summed E-state index contributed by atoms with van der Waals surface area (Å²) in [5, 5.41) is 8.91. The van der Waals surface area contributed by atoms with E-state index in [0.29, 0.717) is 24.0 Å². The van der Waals surface area contributed by atoms with Crippen LogP contribution < -0.4 is 4.74 Å². The lowest BCUT2D eigenvalue weighted by molar-refractivity contribution is 0.0594. The molecular weight excluding hydrogens is 590 g/mol. The van der Waals surface area contributed by atoms with Crippen LogP contribution in [0, 0.1) is 34.2 Å². The van der Waals surface area contributed by atoms with Crippen LogP contribution in [-0.4, -0.2) is 39.3 Å². The standard InChI is InChI=1S/C33H25F4N5O3/c1-44-32(43)28-8-7-27-31(41-28)42(18-33(17-34)9-10-33)29(39-27)14-22-24(36)12-21(13-25(22)37)26-3-2-4-30(40-26)45-16-20-6-5-19(15-38)11-23(20)35/h2-8,11-13H,9-10,14,16-18H2,1H3. The van der Waals surface area contributed by atoms with Crippen molar-refractivity contribution in [1.82, 2.24) is 19.5 Å². The van der Waals surface area contributed by atoms with Crippen LogP contribution in [0.4, 0.5) is 17.6 Å². The Morgan fingerprint density at radius 2 is 1.78 bits per heavy atom. The van der Waals surface area contributed by atoms with Gasteiger partial charge in [0.1, 0.15) is 35.4 Å². The quantitative estimate of drug-likeness (QED) is 0.131. The number of alkyl halides is 1. The van der Waals surface area contributed by atoms with Crippen molar-refractivity contribution in [3.8, 4) is 23.2 Å². The lowest BCUT2D eigenvalue weighted by Crippen LogP contribution is -2.17. The van der Waals surface area contributed by atoms with E-state index in [1.165, 1.54) is 31.4 Å². The highest BCUT2D eigenvalue weighted by atomic mass is 19.1. The minimum atomic E-state index is -0.841. The van der Waals surface area contributed by atoms with Crippen LogP contribution in [0.5, 0.6) is 5.88 Å². The monoisotopic (exact) mass is 615 g/mol. The van der Waals surface area contributed by atoms with Gasteiger partial charge in [0.05, 0.1) is 31.1 Å². The molecule has 1 aliphatic rings. The van der Waals surface area contributed by atoms with Crippen molar-refractivity contribution >= 4 is 17.1 Å². The van der Waals surface area contributed by atoms with Crippen LogP contribution in [0.2, 0.25) is 0 Å². The van der Waals surface area contributed by atoms with Crippen molar-refractivity contribution < 1.29 is 31.8 Å². The second-order valence-electron chi connectivity index (χ2n) is 10.9.